The highest BCUT2D eigenvalue weighted by molar-refractivity contribution is 7.83. The van der Waals surface area contributed by atoms with Gasteiger partial charge in [-0.2, -0.15) is 0 Å². The Kier molecular flexibility index (Phi) is 6.54. The number of amides is 1. The summed E-state index contributed by atoms with van der Waals surface area (Å²) in [6.45, 7) is 7.19. The summed E-state index contributed by atoms with van der Waals surface area (Å²) in [5.41, 5.74) is 4.21. The molecular weight excluding hydrogens is 330 g/mol. The summed E-state index contributed by atoms with van der Waals surface area (Å²) in [7, 11) is -0.909. The van der Waals surface area contributed by atoms with Crippen LogP contribution in [0.5, 0.6) is 0 Å². The van der Waals surface area contributed by atoms with E-state index in [2.05, 4.69) is 50.4 Å². The molecule has 0 heterocycles. The molecule has 1 unspecified atom stereocenters. The van der Waals surface area contributed by atoms with Gasteiger partial charge >= 0.3 is 0 Å². The van der Waals surface area contributed by atoms with E-state index in [1.807, 2.05) is 18.2 Å². The summed E-state index contributed by atoms with van der Waals surface area (Å²) < 4.78 is 11.3. The molecule has 134 valence electrons. The summed E-state index contributed by atoms with van der Waals surface area (Å²) in [5.74, 6) is 0.386. The number of carbonyl (C=O) groups excluding carboxylic acids is 1. The summed E-state index contributed by atoms with van der Waals surface area (Å²) in [4.78, 5) is 12.3. The lowest BCUT2D eigenvalue weighted by Gasteiger charge is -2.19. The van der Waals surface area contributed by atoms with Crippen molar-refractivity contribution in [2.75, 3.05) is 12.8 Å². The van der Waals surface area contributed by atoms with Gasteiger partial charge < -0.3 is 5.32 Å². The second-order valence-corrected chi connectivity index (χ2v) is 8.81. The van der Waals surface area contributed by atoms with E-state index in [-0.39, 0.29) is 11.3 Å². The monoisotopic (exact) mass is 357 g/mol. The molecule has 3 nitrogen and oxygen atoms in total. The molecule has 0 aliphatic rings. The van der Waals surface area contributed by atoms with Crippen molar-refractivity contribution in [3.63, 3.8) is 0 Å². The van der Waals surface area contributed by atoms with Gasteiger partial charge in [0.25, 0.3) is 5.91 Å². The van der Waals surface area contributed by atoms with E-state index >= 15 is 0 Å². The highest BCUT2D eigenvalue weighted by Gasteiger charge is 2.12. The first kappa shape index (κ1) is 19.4. The van der Waals surface area contributed by atoms with Crippen molar-refractivity contribution >= 4 is 16.7 Å². The number of hydrogen-bond donors (Lipinski definition) is 1. The van der Waals surface area contributed by atoms with Crippen molar-refractivity contribution in [2.45, 2.75) is 38.4 Å². The summed E-state index contributed by atoms with van der Waals surface area (Å²) in [5, 5.41) is 2.96. The summed E-state index contributed by atoms with van der Waals surface area (Å²) >= 11 is 0. The van der Waals surface area contributed by atoms with Crippen LogP contribution in [0.15, 0.2) is 48.5 Å². The SMILES string of the molecule is CS(=O)Cc1cccc(C(=O)NCCc2ccc(C(C)(C)C)cc2)c1. The highest BCUT2D eigenvalue weighted by atomic mass is 32.2. The van der Waals surface area contributed by atoms with Gasteiger partial charge in [-0.3, -0.25) is 9.00 Å². The maximum Gasteiger partial charge on any atom is 0.251 e. The standard InChI is InChI=1S/C21H27NO2S/c1-21(2,3)19-10-8-16(9-11-19)12-13-22-20(23)18-7-5-6-17(14-18)15-25(4)24/h5-11,14H,12-13,15H2,1-4H3,(H,22,23). The molecule has 2 aromatic carbocycles. The fourth-order valence-electron chi connectivity index (χ4n) is 2.63. The van der Waals surface area contributed by atoms with E-state index in [9.17, 15) is 9.00 Å². The zero-order chi connectivity index (χ0) is 18.4. The van der Waals surface area contributed by atoms with Gasteiger partial charge in [0.15, 0.2) is 0 Å². The third-order valence-corrected chi connectivity index (χ3v) is 4.82. The quantitative estimate of drug-likeness (QED) is 0.854. The Bertz CT molecular complexity index is 745. The minimum Gasteiger partial charge on any atom is -0.352 e. The molecule has 2 aromatic rings. The molecule has 0 radical (unpaired) electrons. The van der Waals surface area contributed by atoms with Crippen LogP contribution in [0, 0.1) is 0 Å². The first-order valence-corrected chi connectivity index (χ1v) is 10.2. The largest absolute Gasteiger partial charge is 0.352 e. The van der Waals surface area contributed by atoms with Gasteiger partial charge in [-0.1, -0.05) is 57.2 Å². The third kappa shape index (κ3) is 6.13. The fraction of sp³-hybridized carbons (Fsp3) is 0.381. The van der Waals surface area contributed by atoms with Gasteiger partial charge in [0, 0.05) is 34.9 Å². The van der Waals surface area contributed by atoms with Crippen LogP contribution in [0.2, 0.25) is 0 Å². The second-order valence-electron chi connectivity index (χ2n) is 7.37. The van der Waals surface area contributed by atoms with E-state index in [0.29, 0.717) is 17.9 Å². The lowest BCUT2D eigenvalue weighted by molar-refractivity contribution is 0.0954. The van der Waals surface area contributed by atoms with Gasteiger partial charge in [-0.25, -0.2) is 0 Å². The Morgan fingerprint density at radius 2 is 1.72 bits per heavy atom. The minimum absolute atomic E-state index is 0.0879. The van der Waals surface area contributed by atoms with E-state index in [1.54, 1.807) is 12.3 Å². The van der Waals surface area contributed by atoms with Crippen LogP contribution in [0.4, 0.5) is 0 Å². The van der Waals surface area contributed by atoms with Crippen LogP contribution in [0.1, 0.15) is 47.8 Å². The van der Waals surface area contributed by atoms with Crippen molar-refractivity contribution in [3.8, 4) is 0 Å². The zero-order valence-corrected chi connectivity index (χ0v) is 16.3. The topological polar surface area (TPSA) is 46.2 Å². The molecule has 0 aromatic heterocycles. The lowest BCUT2D eigenvalue weighted by atomic mass is 9.86. The van der Waals surface area contributed by atoms with Crippen molar-refractivity contribution in [3.05, 3.63) is 70.8 Å². The molecule has 0 bridgehead atoms. The van der Waals surface area contributed by atoms with E-state index in [0.717, 1.165) is 12.0 Å². The molecule has 0 fully saturated rings. The molecule has 1 atom stereocenters. The maximum absolute atomic E-state index is 12.3. The number of benzene rings is 2. The molecule has 0 aliphatic carbocycles. The second kappa shape index (κ2) is 8.43. The molecule has 0 saturated heterocycles. The molecule has 4 heteroatoms. The van der Waals surface area contributed by atoms with Crippen LogP contribution in [-0.2, 0) is 28.4 Å². The van der Waals surface area contributed by atoms with Gasteiger partial charge in [0.2, 0.25) is 0 Å². The molecule has 0 saturated carbocycles. The van der Waals surface area contributed by atoms with E-state index < -0.39 is 10.8 Å². The molecule has 25 heavy (non-hydrogen) atoms. The Hall–Kier alpha value is -1.94. The average Bonchev–Trinajstić information content (AvgIpc) is 2.54. The molecule has 0 spiro atoms. The first-order chi connectivity index (χ1) is 11.8. The van der Waals surface area contributed by atoms with Crippen molar-refractivity contribution in [1.82, 2.24) is 5.32 Å². The van der Waals surface area contributed by atoms with Crippen molar-refractivity contribution in [1.29, 1.82) is 0 Å². The van der Waals surface area contributed by atoms with Gasteiger partial charge in [0.05, 0.1) is 0 Å². The predicted molar refractivity (Wildman–Crippen MR) is 105 cm³/mol. The summed E-state index contributed by atoms with van der Waals surface area (Å²) in [6.07, 6.45) is 2.46. The third-order valence-electron chi connectivity index (χ3n) is 4.08. The van der Waals surface area contributed by atoms with Gasteiger partial charge in [-0.15, -0.1) is 0 Å². The van der Waals surface area contributed by atoms with E-state index in [4.69, 9.17) is 0 Å². The van der Waals surface area contributed by atoms with Crippen LogP contribution in [0.25, 0.3) is 0 Å². The van der Waals surface area contributed by atoms with Crippen molar-refractivity contribution in [2.24, 2.45) is 0 Å². The average molecular weight is 358 g/mol. The Labute approximate surface area is 153 Å². The number of carbonyl (C=O) groups is 1. The van der Waals surface area contributed by atoms with Crippen LogP contribution < -0.4 is 5.32 Å². The Balaban J connectivity index is 1.89. The zero-order valence-electron chi connectivity index (χ0n) is 15.5. The number of nitrogens with one attached hydrogen (secondary N) is 1. The normalized spacial score (nSPS) is 12.6. The fourth-order valence-corrected chi connectivity index (χ4v) is 3.28. The Morgan fingerprint density at radius 3 is 2.32 bits per heavy atom. The molecule has 1 amide bonds. The first-order valence-electron chi connectivity index (χ1n) is 8.52. The van der Waals surface area contributed by atoms with Crippen LogP contribution in [0.3, 0.4) is 0 Å². The van der Waals surface area contributed by atoms with E-state index in [1.165, 1.54) is 11.1 Å². The number of hydrogen-bond acceptors (Lipinski definition) is 2. The predicted octanol–water partition coefficient (Wildman–Crippen LogP) is 3.84. The maximum atomic E-state index is 12.3. The molecular formula is C21H27NO2S. The highest BCUT2D eigenvalue weighted by Crippen LogP contribution is 2.22. The van der Waals surface area contributed by atoms with Crippen LogP contribution >= 0.6 is 0 Å². The molecule has 0 aliphatic heterocycles. The lowest BCUT2D eigenvalue weighted by Crippen LogP contribution is -2.25. The molecule has 1 N–H and O–H groups in total. The van der Waals surface area contributed by atoms with Crippen molar-refractivity contribution < 1.29 is 9.00 Å². The van der Waals surface area contributed by atoms with Gasteiger partial charge in [-0.05, 0) is 40.7 Å². The smallest absolute Gasteiger partial charge is 0.251 e. The van der Waals surface area contributed by atoms with Gasteiger partial charge in [0.1, 0.15) is 0 Å². The number of rotatable bonds is 6. The summed E-state index contributed by atoms with van der Waals surface area (Å²) in [6, 6.07) is 15.9. The molecule has 2 rings (SSSR count). The minimum atomic E-state index is -0.909. The Morgan fingerprint density at radius 1 is 1.04 bits per heavy atom. The van der Waals surface area contributed by atoms with Crippen LogP contribution in [-0.4, -0.2) is 22.9 Å².